The summed E-state index contributed by atoms with van der Waals surface area (Å²) in [6.45, 7) is 0.813. The van der Waals surface area contributed by atoms with Gasteiger partial charge in [-0.05, 0) is 53.1 Å². The summed E-state index contributed by atoms with van der Waals surface area (Å²) in [4.78, 5) is 1.46. The number of hydrogen-bond donors (Lipinski definition) is 1. The zero-order valence-corrected chi connectivity index (χ0v) is 11.2. The van der Waals surface area contributed by atoms with Crippen LogP contribution in [0.4, 0.5) is 0 Å². The molecule has 0 saturated carbocycles. The van der Waals surface area contributed by atoms with Crippen molar-refractivity contribution in [2.24, 2.45) is 5.73 Å². The molecule has 1 nitrogen and oxygen atoms in total. The normalized spacial score (nSPS) is 27.0. The van der Waals surface area contributed by atoms with Gasteiger partial charge in [0.05, 0.1) is 3.79 Å². The van der Waals surface area contributed by atoms with Gasteiger partial charge < -0.3 is 5.73 Å². The van der Waals surface area contributed by atoms with Gasteiger partial charge in [0, 0.05) is 16.2 Å². The van der Waals surface area contributed by atoms with Crippen molar-refractivity contribution in [1.29, 1.82) is 0 Å². The fourth-order valence-electron chi connectivity index (χ4n) is 1.89. The SMILES string of the molecule is NCC1(Cc2ccc(Br)s2)CCCS1. The van der Waals surface area contributed by atoms with Gasteiger partial charge in [0.2, 0.25) is 0 Å². The number of hydrogen-bond acceptors (Lipinski definition) is 3. The van der Waals surface area contributed by atoms with Crippen LogP contribution in [0.5, 0.6) is 0 Å². The van der Waals surface area contributed by atoms with E-state index < -0.39 is 0 Å². The van der Waals surface area contributed by atoms with Crippen LogP contribution < -0.4 is 5.73 Å². The summed E-state index contributed by atoms with van der Waals surface area (Å²) in [6.07, 6.45) is 3.75. The van der Waals surface area contributed by atoms with Crippen molar-refractivity contribution in [3.05, 3.63) is 20.8 Å². The van der Waals surface area contributed by atoms with E-state index in [4.69, 9.17) is 5.73 Å². The van der Waals surface area contributed by atoms with Gasteiger partial charge in [-0.1, -0.05) is 0 Å². The average Bonchev–Trinajstić information content (AvgIpc) is 2.77. The van der Waals surface area contributed by atoms with Gasteiger partial charge >= 0.3 is 0 Å². The highest BCUT2D eigenvalue weighted by Crippen LogP contribution is 2.41. The summed E-state index contributed by atoms with van der Waals surface area (Å²) in [7, 11) is 0. The molecular weight excluding hydrogens is 278 g/mol. The molecule has 0 amide bonds. The Hall–Kier alpha value is 0.490. The Morgan fingerprint density at radius 2 is 2.36 bits per heavy atom. The Morgan fingerprint density at radius 3 is 2.86 bits per heavy atom. The van der Waals surface area contributed by atoms with Crippen LogP contribution in [0.3, 0.4) is 0 Å². The summed E-state index contributed by atoms with van der Waals surface area (Å²) >= 11 is 7.40. The van der Waals surface area contributed by atoms with Crippen molar-refractivity contribution in [3.63, 3.8) is 0 Å². The second kappa shape index (κ2) is 4.56. The average molecular weight is 292 g/mol. The van der Waals surface area contributed by atoms with E-state index in [-0.39, 0.29) is 0 Å². The van der Waals surface area contributed by atoms with Gasteiger partial charge in [-0.15, -0.1) is 11.3 Å². The third-order valence-electron chi connectivity index (χ3n) is 2.68. The maximum absolute atomic E-state index is 5.90. The molecule has 1 aromatic heterocycles. The molecule has 2 heterocycles. The zero-order chi connectivity index (χ0) is 10.0. The first-order valence-corrected chi connectivity index (χ1v) is 7.42. The van der Waals surface area contributed by atoms with Gasteiger partial charge in [0.1, 0.15) is 0 Å². The van der Waals surface area contributed by atoms with Crippen molar-refractivity contribution in [2.45, 2.75) is 24.0 Å². The van der Waals surface area contributed by atoms with Crippen LogP contribution in [0.25, 0.3) is 0 Å². The van der Waals surface area contributed by atoms with Crippen LogP contribution >= 0.6 is 39.0 Å². The number of thiophene rings is 1. The molecule has 1 aromatic rings. The Bertz CT molecular complexity index is 305. The molecule has 4 heteroatoms. The molecular formula is C10H14BrNS2. The van der Waals surface area contributed by atoms with Crippen molar-refractivity contribution in [3.8, 4) is 0 Å². The highest BCUT2D eigenvalue weighted by Gasteiger charge is 2.33. The quantitative estimate of drug-likeness (QED) is 0.925. The minimum atomic E-state index is 0.338. The first-order valence-electron chi connectivity index (χ1n) is 4.82. The fourth-order valence-corrected chi connectivity index (χ4v) is 5.00. The Balaban J connectivity index is 2.08. The third-order valence-corrected chi connectivity index (χ3v) is 5.93. The first kappa shape index (κ1) is 11.0. The molecule has 14 heavy (non-hydrogen) atoms. The van der Waals surface area contributed by atoms with Crippen molar-refractivity contribution in [1.82, 2.24) is 0 Å². The molecule has 0 spiro atoms. The Morgan fingerprint density at radius 1 is 1.50 bits per heavy atom. The summed E-state index contributed by atoms with van der Waals surface area (Å²) < 4.78 is 1.56. The topological polar surface area (TPSA) is 26.0 Å². The lowest BCUT2D eigenvalue weighted by atomic mass is 9.98. The number of thioether (sulfide) groups is 1. The molecule has 0 bridgehead atoms. The standard InChI is InChI=1S/C10H14BrNS2/c11-9-3-2-8(14-9)6-10(7-12)4-1-5-13-10/h2-3H,1,4-7,12H2. The summed E-state index contributed by atoms with van der Waals surface area (Å²) in [5, 5.41) is 0. The lowest BCUT2D eigenvalue weighted by Gasteiger charge is -2.25. The van der Waals surface area contributed by atoms with Crippen molar-refractivity contribution >= 4 is 39.0 Å². The molecule has 0 aliphatic carbocycles. The lowest BCUT2D eigenvalue weighted by Crippen LogP contribution is -2.33. The molecule has 0 radical (unpaired) electrons. The van der Waals surface area contributed by atoms with Gasteiger partial charge in [-0.3, -0.25) is 0 Å². The van der Waals surface area contributed by atoms with Crippen molar-refractivity contribution < 1.29 is 0 Å². The smallest absolute Gasteiger partial charge is 0.0701 e. The van der Waals surface area contributed by atoms with E-state index in [2.05, 4.69) is 39.8 Å². The Labute approximate surface area is 102 Å². The number of halogens is 1. The van der Waals surface area contributed by atoms with E-state index in [1.165, 1.54) is 27.3 Å². The van der Waals surface area contributed by atoms with Crippen LogP contribution in [0.15, 0.2) is 15.9 Å². The van der Waals surface area contributed by atoms with Gasteiger partial charge in [-0.25, -0.2) is 0 Å². The summed E-state index contributed by atoms with van der Waals surface area (Å²) in [6, 6.07) is 4.34. The monoisotopic (exact) mass is 291 g/mol. The second-order valence-corrected chi connectivity index (χ2v) is 7.83. The molecule has 1 aliphatic rings. The molecule has 2 rings (SSSR count). The predicted molar refractivity (Wildman–Crippen MR) is 69.2 cm³/mol. The Kier molecular flexibility index (Phi) is 3.58. The maximum atomic E-state index is 5.90. The molecule has 1 saturated heterocycles. The molecule has 1 atom stereocenters. The van der Waals surface area contributed by atoms with Crippen LogP contribution in [0.1, 0.15) is 17.7 Å². The van der Waals surface area contributed by atoms with E-state index in [0.29, 0.717) is 4.75 Å². The molecule has 1 unspecified atom stereocenters. The molecule has 1 fully saturated rings. The van der Waals surface area contributed by atoms with E-state index in [1.54, 1.807) is 0 Å². The lowest BCUT2D eigenvalue weighted by molar-refractivity contribution is 0.569. The zero-order valence-electron chi connectivity index (χ0n) is 7.96. The predicted octanol–water partition coefficient (Wildman–Crippen LogP) is 3.28. The molecule has 1 aliphatic heterocycles. The second-order valence-electron chi connectivity index (χ2n) is 3.72. The molecule has 0 aromatic carbocycles. The maximum Gasteiger partial charge on any atom is 0.0701 e. The van der Waals surface area contributed by atoms with Gasteiger partial charge in [0.25, 0.3) is 0 Å². The highest BCUT2D eigenvalue weighted by atomic mass is 79.9. The van der Waals surface area contributed by atoms with Gasteiger partial charge in [0.15, 0.2) is 0 Å². The largest absolute Gasteiger partial charge is 0.329 e. The van der Waals surface area contributed by atoms with Gasteiger partial charge in [-0.2, -0.15) is 11.8 Å². The first-order chi connectivity index (χ1) is 6.74. The minimum absolute atomic E-state index is 0.338. The van der Waals surface area contributed by atoms with E-state index in [9.17, 15) is 0 Å². The third kappa shape index (κ3) is 2.35. The van der Waals surface area contributed by atoms with E-state index in [0.717, 1.165) is 13.0 Å². The molecule has 2 N–H and O–H groups in total. The summed E-state index contributed by atoms with van der Waals surface area (Å²) in [5.74, 6) is 1.28. The minimum Gasteiger partial charge on any atom is -0.329 e. The van der Waals surface area contributed by atoms with Crippen LogP contribution in [0.2, 0.25) is 0 Å². The van der Waals surface area contributed by atoms with Crippen LogP contribution in [-0.4, -0.2) is 17.0 Å². The fraction of sp³-hybridized carbons (Fsp3) is 0.600. The molecule has 78 valence electrons. The number of rotatable bonds is 3. The van der Waals surface area contributed by atoms with Crippen LogP contribution in [0, 0.1) is 0 Å². The van der Waals surface area contributed by atoms with Crippen LogP contribution in [-0.2, 0) is 6.42 Å². The number of nitrogens with two attached hydrogens (primary N) is 1. The van der Waals surface area contributed by atoms with E-state index in [1.807, 2.05) is 11.3 Å². The highest BCUT2D eigenvalue weighted by molar-refractivity contribution is 9.11. The summed E-state index contributed by atoms with van der Waals surface area (Å²) in [5.41, 5.74) is 5.90. The van der Waals surface area contributed by atoms with Crippen molar-refractivity contribution in [2.75, 3.05) is 12.3 Å². The van der Waals surface area contributed by atoms with E-state index >= 15 is 0 Å².